The van der Waals surface area contributed by atoms with Gasteiger partial charge in [0.2, 0.25) is 0 Å². The van der Waals surface area contributed by atoms with Crippen molar-refractivity contribution in [3.8, 4) is 0 Å². The fourth-order valence-corrected chi connectivity index (χ4v) is 1.95. The van der Waals surface area contributed by atoms with Crippen molar-refractivity contribution in [1.82, 2.24) is 15.2 Å². The molecule has 2 rings (SSSR count). The number of carbonyl (C=O) groups excluding carboxylic acids is 1. The zero-order chi connectivity index (χ0) is 12.3. The summed E-state index contributed by atoms with van der Waals surface area (Å²) in [5.41, 5.74) is 0.986. The van der Waals surface area contributed by atoms with E-state index in [0.29, 0.717) is 12.2 Å². The number of hydroxylamine groups is 2. The number of hydrogen-bond acceptors (Lipinski definition) is 6. The summed E-state index contributed by atoms with van der Waals surface area (Å²) in [6, 6.07) is 3.26. The van der Waals surface area contributed by atoms with Crippen LogP contribution in [0, 0.1) is 0 Å². The summed E-state index contributed by atoms with van der Waals surface area (Å²) in [4.78, 5) is 19.2. The average Bonchev–Trinajstić information content (AvgIpc) is 2.81. The predicted molar refractivity (Wildman–Crippen MR) is 58.9 cm³/mol. The zero-order valence-electron chi connectivity index (χ0n) is 8.65. The fraction of sp³-hybridized carbons (Fsp3) is 0.100. The van der Waals surface area contributed by atoms with Crippen molar-refractivity contribution in [2.24, 2.45) is 0 Å². The minimum absolute atomic E-state index is 0.0600. The highest BCUT2D eigenvalue weighted by Crippen LogP contribution is 2.10. The van der Waals surface area contributed by atoms with Gasteiger partial charge in [-0.25, -0.2) is 9.97 Å². The van der Waals surface area contributed by atoms with Crippen LogP contribution in [0.15, 0.2) is 29.1 Å². The van der Waals surface area contributed by atoms with E-state index in [1.54, 1.807) is 11.3 Å². The maximum Gasteiger partial charge on any atom is 0.321 e. The molecule has 0 aliphatic heterocycles. The molecule has 6 nitrogen and oxygen atoms in total. The third-order valence-electron chi connectivity index (χ3n) is 2.05. The van der Waals surface area contributed by atoms with Crippen LogP contribution in [0.3, 0.4) is 0 Å². The molecule has 1 amide bonds. The Kier molecular flexibility index (Phi) is 3.43. The Morgan fingerprint density at radius 1 is 1.41 bits per heavy atom. The van der Waals surface area contributed by atoms with Crippen LogP contribution < -0.4 is 0 Å². The monoisotopic (exact) mass is 251 g/mol. The Bertz CT molecular complexity index is 513. The van der Waals surface area contributed by atoms with Gasteiger partial charge < -0.3 is 0 Å². The smallest absolute Gasteiger partial charge is 0.262 e. The molecule has 0 saturated heterocycles. The number of carbonyl (C=O) groups is 1. The highest BCUT2D eigenvalue weighted by atomic mass is 32.1. The first-order valence-electron chi connectivity index (χ1n) is 4.72. The van der Waals surface area contributed by atoms with Crippen LogP contribution >= 0.6 is 11.3 Å². The second-order valence-corrected chi connectivity index (χ2v) is 4.04. The first-order chi connectivity index (χ1) is 8.16. The van der Waals surface area contributed by atoms with E-state index in [1.165, 1.54) is 12.3 Å². The van der Waals surface area contributed by atoms with E-state index in [9.17, 15) is 4.79 Å². The SMILES string of the molecule is O=C(c1ccnc(Cc2ccsc2)n1)N(O)O. The highest BCUT2D eigenvalue weighted by Gasteiger charge is 2.14. The molecule has 0 unspecified atom stereocenters. The molecule has 0 spiro atoms. The van der Waals surface area contributed by atoms with Crippen molar-refractivity contribution >= 4 is 17.2 Å². The zero-order valence-corrected chi connectivity index (χ0v) is 9.46. The normalized spacial score (nSPS) is 10.2. The van der Waals surface area contributed by atoms with Crippen molar-refractivity contribution in [1.29, 1.82) is 0 Å². The number of aromatic nitrogens is 2. The first-order valence-corrected chi connectivity index (χ1v) is 5.66. The summed E-state index contributed by atoms with van der Waals surface area (Å²) in [6.45, 7) is 0. The van der Waals surface area contributed by atoms with Crippen molar-refractivity contribution in [2.45, 2.75) is 6.42 Å². The lowest BCUT2D eigenvalue weighted by Crippen LogP contribution is -2.24. The molecule has 2 heterocycles. The van der Waals surface area contributed by atoms with Crippen LogP contribution in [-0.2, 0) is 6.42 Å². The van der Waals surface area contributed by atoms with Gasteiger partial charge in [0.25, 0.3) is 0 Å². The van der Waals surface area contributed by atoms with Crippen LogP contribution in [-0.4, -0.2) is 31.5 Å². The summed E-state index contributed by atoms with van der Waals surface area (Å²) in [7, 11) is 0. The van der Waals surface area contributed by atoms with E-state index in [-0.39, 0.29) is 5.69 Å². The molecule has 0 atom stereocenters. The number of hydrogen-bond donors (Lipinski definition) is 2. The quantitative estimate of drug-likeness (QED) is 0.635. The van der Waals surface area contributed by atoms with Crippen molar-refractivity contribution in [2.75, 3.05) is 0 Å². The number of amides is 1. The van der Waals surface area contributed by atoms with Gasteiger partial charge in [-0.1, -0.05) is 5.23 Å². The molecule has 2 N–H and O–H groups in total. The molecule has 2 aromatic rings. The van der Waals surface area contributed by atoms with Gasteiger partial charge in [-0.2, -0.15) is 11.3 Å². The lowest BCUT2D eigenvalue weighted by Gasteiger charge is -2.05. The van der Waals surface area contributed by atoms with Crippen molar-refractivity contribution in [3.05, 3.63) is 46.2 Å². The first kappa shape index (κ1) is 11.6. The molecule has 0 radical (unpaired) electrons. The largest absolute Gasteiger partial charge is 0.321 e. The molecule has 0 bridgehead atoms. The molecule has 0 aromatic carbocycles. The Labute approximate surface area is 101 Å². The summed E-state index contributed by atoms with van der Waals surface area (Å²) in [6.07, 6.45) is 1.91. The van der Waals surface area contributed by atoms with E-state index in [2.05, 4.69) is 9.97 Å². The maximum absolute atomic E-state index is 11.2. The number of nitrogens with zero attached hydrogens (tertiary/aromatic N) is 3. The van der Waals surface area contributed by atoms with Gasteiger partial charge in [0.15, 0.2) is 0 Å². The van der Waals surface area contributed by atoms with Crippen LogP contribution in [0.5, 0.6) is 0 Å². The predicted octanol–water partition coefficient (Wildman–Crippen LogP) is 1.35. The number of rotatable bonds is 3. The summed E-state index contributed by atoms with van der Waals surface area (Å²) in [5.74, 6) is -0.532. The summed E-state index contributed by atoms with van der Waals surface area (Å²) in [5, 5.41) is 20.6. The molecule has 0 fully saturated rings. The topological polar surface area (TPSA) is 86.6 Å². The Morgan fingerprint density at radius 3 is 2.88 bits per heavy atom. The summed E-state index contributed by atoms with van der Waals surface area (Å²) >= 11 is 1.56. The standard InChI is InChI=1S/C10H9N3O3S/c14-10(13(15)16)8-1-3-11-9(12-8)5-7-2-4-17-6-7/h1-4,6,15-16H,5H2. The highest BCUT2D eigenvalue weighted by molar-refractivity contribution is 7.07. The van der Waals surface area contributed by atoms with Crippen molar-refractivity contribution in [3.63, 3.8) is 0 Å². The third-order valence-corrected chi connectivity index (χ3v) is 2.78. The second kappa shape index (κ2) is 5.00. The Hall–Kier alpha value is -1.83. The fourth-order valence-electron chi connectivity index (χ4n) is 1.28. The Morgan fingerprint density at radius 2 is 2.24 bits per heavy atom. The van der Waals surface area contributed by atoms with Gasteiger partial charge in [0, 0.05) is 12.6 Å². The van der Waals surface area contributed by atoms with Crippen LogP contribution in [0.2, 0.25) is 0 Å². The molecule has 2 aromatic heterocycles. The molecule has 17 heavy (non-hydrogen) atoms. The van der Waals surface area contributed by atoms with Crippen LogP contribution in [0.4, 0.5) is 0 Å². The van der Waals surface area contributed by atoms with Gasteiger partial charge in [-0.3, -0.25) is 15.2 Å². The second-order valence-electron chi connectivity index (χ2n) is 3.26. The molecule has 0 aliphatic rings. The van der Waals surface area contributed by atoms with Gasteiger partial charge in [0.05, 0.1) is 0 Å². The van der Waals surface area contributed by atoms with Gasteiger partial charge in [-0.05, 0) is 28.5 Å². The maximum atomic E-state index is 11.2. The minimum atomic E-state index is -0.987. The lowest BCUT2D eigenvalue weighted by atomic mass is 10.2. The van der Waals surface area contributed by atoms with E-state index in [1.807, 2.05) is 16.8 Å². The molecule has 0 saturated carbocycles. The average molecular weight is 251 g/mol. The molecular weight excluding hydrogens is 242 g/mol. The minimum Gasteiger partial charge on any atom is -0.262 e. The van der Waals surface area contributed by atoms with Gasteiger partial charge in [0.1, 0.15) is 11.5 Å². The number of thiophene rings is 1. The molecule has 88 valence electrons. The van der Waals surface area contributed by atoms with Gasteiger partial charge in [-0.15, -0.1) is 0 Å². The Balaban J connectivity index is 2.20. The van der Waals surface area contributed by atoms with E-state index < -0.39 is 11.1 Å². The van der Waals surface area contributed by atoms with Crippen LogP contribution in [0.1, 0.15) is 21.9 Å². The van der Waals surface area contributed by atoms with E-state index >= 15 is 0 Å². The van der Waals surface area contributed by atoms with E-state index in [4.69, 9.17) is 10.4 Å². The third kappa shape index (κ3) is 2.84. The van der Waals surface area contributed by atoms with Crippen LogP contribution in [0.25, 0.3) is 0 Å². The van der Waals surface area contributed by atoms with E-state index in [0.717, 1.165) is 5.56 Å². The molecule has 0 aliphatic carbocycles. The van der Waals surface area contributed by atoms with Crippen molar-refractivity contribution < 1.29 is 15.2 Å². The summed E-state index contributed by atoms with van der Waals surface area (Å²) < 4.78 is 0. The van der Waals surface area contributed by atoms with Gasteiger partial charge >= 0.3 is 5.91 Å². The lowest BCUT2D eigenvalue weighted by molar-refractivity contribution is -0.260. The molecule has 7 heteroatoms. The molecular formula is C10H9N3O3S.